The number of ketones is 1. The van der Waals surface area contributed by atoms with Crippen molar-refractivity contribution in [2.45, 2.75) is 50.0 Å². The maximum atomic E-state index is 12.3. The predicted octanol–water partition coefficient (Wildman–Crippen LogP) is 0.556. The number of Topliss-reactive ketones (excluding diaryl/α,β-unsaturated/α-hetero) is 1. The number of rotatable bonds is 11. The second-order valence-corrected chi connectivity index (χ2v) is 7.11. The Morgan fingerprint density at radius 2 is 1.15 bits per heavy atom. The zero-order chi connectivity index (χ0) is 19.9. The summed E-state index contributed by atoms with van der Waals surface area (Å²) in [6, 6.07) is 0. The molecule has 1 saturated carbocycles. The summed E-state index contributed by atoms with van der Waals surface area (Å²) in [7, 11) is 2.64. The van der Waals surface area contributed by atoms with Crippen LogP contribution in [0.2, 0.25) is 0 Å². The Balaban J connectivity index is 3.10. The average molecular weight is 400 g/mol. The first-order valence-electron chi connectivity index (χ1n) is 8.11. The van der Waals surface area contributed by atoms with Gasteiger partial charge in [0.05, 0.1) is 0 Å². The molecule has 26 heavy (non-hydrogen) atoms. The van der Waals surface area contributed by atoms with Crippen molar-refractivity contribution < 1.29 is 47.0 Å². The molecule has 1 N–H and O–H groups in total. The third-order valence-electron chi connectivity index (χ3n) is 4.34. The fourth-order valence-corrected chi connectivity index (χ4v) is 3.94. The molecule has 154 valence electrons. The molecule has 0 amide bonds. The van der Waals surface area contributed by atoms with Gasteiger partial charge in [0.1, 0.15) is 43.2 Å². The molecule has 0 aliphatic heterocycles. The summed E-state index contributed by atoms with van der Waals surface area (Å²) in [5.41, 5.74) is 0. The Hall–Kier alpha value is -0.420. The molecule has 0 aromatic rings. The highest BCUT2D eigenvalue weighted by molar-refractivity contribution is 7.47. The van der Waals surface area contributed by atoms with Gasteiger partial charge in [0.25, 0.3) is 0 Å². The Morgan fingerprint density at radius 1 is 0.808 bits per heavy atom. The SMILES string of the molecule is CCC(=O)COP(=O)(O)OC1C(OC)C(OC)C(OC)C(OC)C1OC. The van der Waals surface area contributed by atoms with Gasteiger partial charge < -0.3 is 28.6 Å². The van der Waals surface area contributed by atoms with Crippen molar-refractivity contribution in [2.75, 3.05) is 42.2 Å². The topological polar surface area (TPSA) is 119 Å². The fraction of sp³-hybridized carbons (Fsp3) is 0.933. The van der Waals surface area contributed by atoms with Crippen LogP contribution in [0.5, 0.6) is 0 Å². The van der Waals surface area contributed by atoms with Crippen LogP contribution >= 0.6 is 7.82 Å². The molecule has 0 spiro atoms. The van der Waals surface area contributed by atoms with Crippen LogP contribution in [0.4, 0.5) is 0 Å². The number of phosphoric ester groups is 1. The van der Waals surface area contributed by atoms with Gasteiger partial charge in [0, 0.05) is 42.0 Å². The first kappa shape index (κ1) is 23.6. The highest BCUT2D eigenvalue weighted by Crippen LogP contribution is 2.48. The highest BCUT2D eigenvalue weighted by atomic mass is 31.2. The van der Waals surface area contributed by atoms with Crippen LogP contribution in [0.15, 0.2) is 0 Å². The Bertz CT molecular complexity index is 467. The van der Waals surface area contributed by atoms with Crippen LogP contribution in [0.1, 0.15) is 13.3 Å². The molecular weight excluding hydrogens is 371 g/mol. The smallest absolute Gasteiger partial charge is 0.376 e. The van der Waals surface area contributed by atoms with Crippen LogP contribution in [0.3, 0.4) is 0 Å². The fourth-order valence-electron chi connectivity index (χ4n) is 3.02. The summed E-state index contributed by atoms with van der Waals surface area (Å²) in [6.45, 7) is 1.09. The number of carbonyl (C=O) groups is 1. The van der Waals surface area contributed by atoms with E-state index in [0.717, 1.165) is 0 Å². The molecule has 0 heterocycles. The number of hydrogen-bond donors (Lipinski definition) is 1. The lowest BCUT2D eigenvalue weighted by molar-refractivity contribution is -0.249. The molecule has 5 unspecified atom stereocenters. The van der Waals surface area contributed by atoms with Crippen molar-refractivity contribution >= 4 is 13.6 Å². The molecule has 5 atom stereocenters. The van der Waals surface area contributed by atoms with Crippen molar-refractivity contribution in [3.63, 3.8) is 0 Å². The average Bonchev–Trinajstić information content (AvgIpc) is 2.64. The van der Waals surface area contributed by atoms with E-state index in [1.165, 1.54) is 35.5 Å². The maximum Gasteiger partial charge on any atom is 0.473 e. The van der Waals surface area contributed by atoms with Gasteiger partial charge in [-0.15, -0.1) is 0 Å². The molecule has 11 heteroatoms. The molecule has 0 bridgehead atoms. The summed E-state index contributed by atoms with van der Waals surface area (Å²) >= 11 is 0. The summed E-state index contributed by atoms with van der Waals surface area (Å²) in [5.74, 6) is -0.331. The summed E-state index contributed by atoms with van der Waals surface area (Å²) < 4.78 is 49.6. The van der Waals surface area contributed by atoms with Gasteiger partial charge in [0.2, 0.25) is 0 Å². The van der Waals surface area contributed by atoms with E-state index < -0.39 is 51.1 Å². The molecule has 0 aromatic carbocycles. The lowest BCUT2D eigenvalue weighted by atomic mass is 9.84. The third kappa shape index (κ3) is 5.54. The van der Waals surface area contributed by atoms with E-state index in [4.69, 9.17) is 32.7 Å². The molecule has 1 rings (SSSR count). The standard InChI is InChI=1S/C15H29O10P/c1-7-9(16)8-24-26(17,18)25-15-13(22-5)11(20-3)10(19-2)12(21-4)14(15)23-6/h10-15H,7-8H2,1-6H3,(H,17,18). The molecule has 1 fully saturated rings. The van der Waals surface area contributed by atoms with Crippen molar-refractivity contribution in [3.8, 4) is 0 Å². The van der Waals surface area contributed by atoms with Gasteiger partial charge in [-0.25, -0.2) is 4.57 Å². The second kappa shape index (κ2) is 10.8. The Kier molecular flexibility index (Phi) is 9.81. The molecule has 0 saturated heterocycles. The number of hydrogen-bond acceptors (Lipinski definition) is 9. The molecule has 0 radical (unpaired) electrons. The van der Waals surface area contributed by atoms with Gasteiger partial charge in [-0.2, -0.15) is 0 Å². The van der Waals surface area contributed by atoms with Crippen LogP contribution in [0.25, 0.3) is 0 Å². The summed E-state index contributed by atoms with van der Waals surface area (Å²) in [4.78, 5) is 21.4. The van der Waals surface area contributed by atoms with E-state index in [-0.39, 0.29) is 12.2 Å². The number of carbonyl (C=O) groups excluding carboxylic acids is 1. The lowest BCUT2D eigenvalue weighted by Gasteiger charge is -2.47. The molecule has 1 aliphatic carbocycles. The van der Waals surface area contributed by atoms with Gasteiger partial charge >= 0.3 is 7.82 Å². The van der Waals surface area contributed by atoms with Crippen molar-refractivity contribution in [1.82, 2.24) is 0 Å². The third-order valence-corrected chi connectivity index (χ3v) is 5.31. The van der Waals surface area contributed by atoms with Crippen LogP contribution < -0.4 is 0 Å². The predicted molar refractivity (Wildman–Crippen MR) is 89.9 cm³/mol. The number of methoxy groups -OCH3 is 5. The van der Waals surface area contributed by atoms with Crippen molar-refractivity contribution in [3.05, 3.63) is 0 Å². The van der Waals surface area contributed by atoms with Gasteiger partial charge in [-0.1, -0.05) is 6.92 Å². The first-order valence-corrected chi connectivity index (χ1v) is 9.61. The van der Waals surface area contributed by atoms with Crippen molar-refractivity contribution in [1.29, 1.82) is 0 Å². The van der Waals surface area contributed by atoms with Crippen molar-refractivity contribution in [2.24, 2.45) is 0 Å². The molecule has 0 aromatic heterocycles. The summed E-state index contributed by atoms with van der Waals surface area (Å²) in [6.07, 6.45) is -4.41. The zero-order valence-corrected chi connectivity index (χ0v) is 16.8. The van der Waals surface area contributed by atoms with Crippen LogP contribution in [0, 0.1) is 0 Å². The largest absolute Gasteiger partial charge is 0.473 e. The van der Waals surface area contributed by atoms with E-state index in [9.17, 15) is 14.3 Å². The van der Waals surface area contributed by atoms with Crippen LogP contribution in [-0.2, 0) is 42.1 Å². The van der Waals surface area contributed by atoms with Gasteiger partial charge in [0.15, 0.2) is 5.78 Å². The molecule has 10 nitrogen and oxygen atoms in total. The normalized spacial score (nSPS) is 34.4. The van der Waals surface area contributed by atoms with Crippen LogP contribution in [-0.4, -0.2) is 89.5 Å². The zero-order valence-electron chi connectivity index (χ0n) is 15.9. The van der Waals surface area contributed by atoms with E-state index in [2.05, 4.69) is 0 Å². The van der Waals surface area contributed by atoms with E-state index in [1.807, 2.05) is 0 Å². The van der Waals surface area contributed by atoms with E-state index in [1.54, 1.807) is 6.92 Å². The van der Waals surface area contributed by atoms with Gasteiger partial charge in [-0.3, -0.25) is 13.8 Å². The molecular formula is C15H29O10P. The van der Waals surface area contributed by atoms with E-state index >= 15 is 0 Å². The molecule has 1 aliphatic rings. The monoisotopic (exact) mass is 400 g/mol. The minimum absolute atomic E-state index is 0.178. The second-order valence-electron chi connectivity index (χ2n) is 5.71. The lowest BCUT2D eigenvalue weighted by Crippen LogP contribution is -2.66. The quantitative estimate of drug-likeness (QED) is 0.493. The number of phosphoric acid groups is 1. The highest BCUT2D eigenvalue weighted by Gasteiger charge is 2.55. The minimum atomic E-state index is -4.56. The Labute approximate surface area is 153 Å². The first-order chi connectivity index (χ1) is 12.3. The number of ether oxygens (including phenoxy) is 5. The summed E-state index contributed by atoms with van der Waals surface area (Å²) in [5, 5.41) is 0. The Morgan fingerprint density at radius 3 is 1.46 bits per heavy atom. The minimum Gasteiger partial charge on any atom is -0.376 e. The van der Waals surface area contributed by atoms with E-state index in [0.29, 0.717) is 0 Å². The maximum absolute atomic E-state index is 12.3. The van der Waals surface area contributed by atoms with Gasteiger partial charge in [-0.05, 0) is 0 Å².